The van der Waals surface area contributed by atoms with Crippen molar-refractivity contribution in [2.75, 3.05) is 19.0 Å². The second-order valence-corrected chi connectivity index (χ2v) is 4.46. The number of hydrogen-bond donors (Lipinski definition) is 4. The third-order valence-corrected chi connectivity index (χ3v) is 3.21. The standard InChI is InChI=1S/C10H13F2N3O5/c11-2-10(3-16)6(18)5(17)8(20-10)15-1-4(12)7(13)14-9(15)19/h1,5-6,8,16-18H,2-3H2,(H2,13,14,19)/t5-,6+,8-,10-/m1/s1. The van der Waals surface area contributed by atoms with Crippen LogP contribution in [0.1, 0.15) is 6.23 Å². The molecule has 1 aliphatic heterocycles. The molecule has 4 atom stereocenters. The Labute approximate surface area is 111 Å². The van der Waals surface area contributed by atoms with Crippen molar-refractivity contribution < 1.29 is 28.8 Å². The van der Waals surface area contributed by atoms with Gasteiger partial charge < -0.3 is 25.8 Å². The molecule has 2 heterocycles. The monoisotopic (exact) mass is 293 g/mol. The predicted molar refractivity (Wildman–Crippen MR) is 60.8 cm³/mol. The molecule has 0 unspecified atom stereocenters. The van der Waals surface area contributed by atoms with Crippen molar-refractivity contribution in [3.63, 3.8) is 0 Å². The zero-order valence-corrected chi connectivity index (χ0v) is 10.1. The predicted octanol–water partition coefficient (Wildman–Crippen LogP) is -2.08. The van der Waals surface area contributed by atoms with Crippen molar-refractivity contribution in [1.29, 1.82) is 0 Å². The quantitative estimate of drug-likeness (QED) is 0.503. The van der Waals surface area contributed by atoms with Gasteiger partial charge in [-0.05, 0) is 0 Å². The third kappa shape index (κ3) is 2.06. The topological polar surface area (TPSA) is 131 Å². The summed E-state index contributed by atoms with van der Waals surface area (Å²) in [5, 5.41) is 28.6. The molecule has 0 saturated carbocycles. The number of nitrogen functional groups attached to an aromatic ring is 1. The van der Waals surface area contributed by atoms with Crippen LogP contribution < -0.4 is 11.4 Å². The Balaban J connectivity index is 2.45. The Kier molecular flexibility index (Phi) is 3.73. The summed E-state index contributed by atoms with van der Waals surface area (Å²) in [5.41, 5.74) is 1.97. The lowest BCUT2D eigenvalue weighted by Gasteiger charge is -2.26. The highest BCUT2D eigenvalue weighted by atomic mass is 19.1. The normalized spacial score (nSPS) is 33.5. The van der Waals surface area contributed by atoms with E-state index in [1.54, 1.807) is 0 Å². The molecule has 0 radical (unpaired) electrons. The molecule has 1 aromatic rings. The lowest BCUT2D eigenvalue weighted by molar-refractivity contribution is -0.138. The van der Waals surface area contributed by atoms with Gasteiger partial charge in [0, 0.05) is 0 Å². The van der Waals surface area contributed by atoms with Crippen molar-refractivity contribution >= 4 is 5.82 Å². The van der Waals surface area contributed by atoms with Crippen molar-refractivity contribution in [1.82, 2.24) is 9.55 Å². The molecule has 2 rings (SSSR count). The molecule has 5 N–H and O–H groups in total. The zero-order valence-electron chi connectivity index (χ0n) is 10.1. The number of anilines is 1. The van der Waals surface area contributed by atoms with Crippen LogP contribution in [0.2, 0.25) is 0 Å². The van der Waals surface area contributed by atoms with Gasteiger partial charge in [-0.15, -0.1) is 0 Å². The smallest absolute Gasteiger partial charge is 0.351 e. The summed E-state index contributed by atoms with van der Waals surface area (Å²) in [6.07, 6.45) is -4.52. The van der Waals surface area contributed by atoms with Gasteiger partial charge in [0.05, 0.1) is 12.8 Å². The Bertz CT molecular complexity index is 562. The van der Waals surface area contributed by atoms with Gasteiger partial charge in [-0.3, -0.25) is 4.57 Å². The van der Waals surface area contributed by atoms with E-state index >= 15 is 0 Å². The lowest BCUT2D eigenvalue weighted by Crippen LogP contribution is -2.48. The first-order valence-electron chi connectivity index (χ1n) is 5.61. The highest BCUT2D eigenvalue weighted by Gasteiger charge is 2.55. The second-order valence-electron chi connectivity index (χ2n) is 4.46. The van der Waals surface area contributed by atoms with E-state index < -0.39 is 54.6 Å². The lowest BCUT2D eigenvalue weighted by atomic mass is 9.98. The van der Waals surface area contributed by atoms with E-state index in [0.717, 1.165) is 0 Å². The van der Waals surface area contributed by atoms with Gasteiger partial charge in [0.1, 0.15) is 18.9 Å². The van der Waals surface area contributed by atoms with Gasteiger partial charge in [-0.2, -0.15) is 4.98 Å². The molecule has 112 valence electrons. The maximum Gasteiger partial charge on any atom is 0.351 e. The summed E-state index contributed by atoms with van der Waals surface area (Å²) < 4.78 is 31.8. The van der Waals surface area contributed by atoms with Gasteiger partial charge in [0.2, 0.25) is 0 Å². The first-order valence-corrected chi connectivity index (χ1v) is 5.61. The Hall–Kier alpha value is -1.62. The van der Waals surface area contributed by atoms with E-state index in [4.69, 9.17) is 15.6 Å². The Morgan fingerprint density at radius 1 is 1.55 bits per heavy atom. The number of hydrogen-bond acceptors (Lipinski definition) is 7. The molecule has 1 aromatic heterocycles. The molecule has 20 heavy (non-hydrogen) atoms. The van der Waals surface area contributed by atoms with Crippen LogP contribution >= 0.6 is 0 Å². The number of halogens is 2. The van der Waals surface area contributed by atoms with Crippen LogP contribution in [0.15, 0.2) is 11.0 Å². The molecule has 0 bridgehead atoms. The fourth-order valence-electron chi connectivity index (χ4n) is 1.99. The van der Waals surface area contributed by atoms with Gasteiger partial charge >= 0.3 is 5.69 Å². The molecule has 0 spiro atoms. The third-order valence-electron chi connectivity index (χ3n) is 3.21. The fraction of sp³-hybridized carbons (Fsp3) is 0.600. The van der Waals surface area contributed by atoms with Gasteiger partial charge in [0.25, 0.3) is 0 Å². The molecule has 1 saturated heterocycles. The number of aliphatic hydroxyl groups excluding tert-OH is 3. The van der Waals surface area contributed by atoms with Gasteiger partial charge in [0.15, 0.2) is 23.5 Å². The zero-order chi connectivity index (χ0) is 15.1. The summed E-state index contributed by atoms with van der Waals surface area (Å²) in [6.45, 7) is -2.24. The van der Waals surface area contributed by atoms with Crippen LogP contribution in [-0.4, -0.2) is 56.0 Å². The van der Waals surface area contributed by atoms with E-state index in [0.29, 0.717) is 10.8 Å². The SMILES string of the molecule is Nc1nc(=O)n([C@@H]2O[C@@](CO)(CF)[C@@H](O)[C@H]2O)cc1F. The number of alkyl halides is 1. The van der Waals surface area contributed by atoms with Crippen molar-refractivity contribution in [3.05, 3.63) is 22.5 Å². The molecule has 0 aromatic carbocycles. The first kappa shape index (κ1) is 14.8. The van der Waals surface area contributed by atoms with Crippen molar-refractivity contribution in [2.24, 2.45) is 0 Å². The van der Waals surface area contributed by atoms with Crippen LogP contribution in [-0.2, 0) is 4.74 Å². The highest BCUT2D eigenvalue weighted by Crippen LogP contribution is 2.36. The van der Waals surface area contributed by atoms with Crippen LogP contribution in [0.4, 0.5) is 14.6 Å². The number of nitrogens with zero attached hydrogens (tertiary/aromatic N) is 2. The van der Waals surface area contributed by atoms with E-state index in [2.05, 4.69) is 4.98 Å². The fourth-order valence-corrected chi connectivity index (χ4v) is 1.99. The molecular weight excluding hydrogens is 280 g/mol. The summed E-state index contributed by atoms with van der Waals surface area (Å²) in [4.78, 5) is 14.8. The van der Waals surface area contributed by atoms with E-state index in [1.165, 1.54) is 0 Å². The number of nitrogens with two attached hydrogens (primary N) is 1. The summed E-state index contributed by atoms with van der Waals surface area (Å²) in [6, 6.07) is 0. The average molecular weight is 293 g/mol. The number of aromatic nitrogens is 2. The van der Waals surface area contributed by atoms with Crippen LogP contribution in [0, 0.1) is 5.82 Å². The summed E-state index contributed by atoms with van der Waals surface area (Å²) in [7, 11) is 0. The molecular formula is C10H13F2N3O5. The summed E-state index contributed by atoms with van der Waals surface area (Å²) >= 11 is 0. The molecule has 10 heteroatoms. The summed E-state index contributed by atoms with van der Waals surface area (Å²) in [5.74, 6) is -1.69. The molecule has 8 nitrogen and oxygen atoms in total. The van der Waals surface area contributed by atoms with Gasteiger partial charge in [-0.25, -0.2) is 13.6 Å². The molecule has 0 amide bonds. The largest absolute Gasteiger partial charge is 0.393 e. The second kappa shape index (κ2) is 5.05. The maximum atomic E-state index is 13.3. The van der Waals surface area contributed by atoms with Crippen LogP contribution in [0.5, 0.6) is 0 Å². The highest BCUT2D eigenvalue weighted by molar-refractivity contribution is 5.26. The van der Waals surface area contributed by atoms with E-state index in [9.17, 15) is 23.8 Å². The number of aliphatic hydroxyl groups is 3. The van der Waals surface area contributed by atoms with Gasteiger partial charge in [-0.1, -0.05) is 0 Å². The maximum absolute atomic E-state index is 13.3. The van der Waals surface area contributed by atoms with E-state index in [-0.39, 0.29) is 0 Å². The molecule has 0 aliphatic carbocycles. The van der Waals surface area contributed by atoms with Crippen molar-refractivity contribution in [2.45, 2.75) is 24.0 Å². The van der Waals surface area contributed by atoms with E-state index in [1.807, 2.05) is 0 Å². The minimum Gasteiger partial charge on any atom is -0.393 e. The minimum atomic E-state index is -2.08. The Morgan fingerprint density at radius 2 is 2.20 bits per heavy atom. The van der Waals surface area contributed by atoms with Crippen LogP contribution in [0.25, 0.3) is 0 Å². The number of rotatable bonds is 3. The minimum absolute atomic E-state index is 0.534. The number of ether oxygens (including phenoxy) is 1. The molecule has 1 aliphatic rings. The Morgan fingerprint density at radius 3 is 2.70 bits per heavy atom. The first-order chi connectivity index (χ1) is 9.36. The van der Waals surface area contributed by atoms with Crippen LogP contribution in [0.3, 0.4) is 0 Å². The average Bonchev–Trinajstić information content (AvgIpc) is 2.68. The molecule has 1 fully saturated rings. The van der Waals surface area contributed by atoms with Crippen molar-refractivity contribution in [3.8, 4) is 0 Å².